The van der Waals surface area contributed by atoms with Gasteiger partial charge in [0, 0.05) is 18.3 Å². The summed E-state index contributed by atoms with van der Waals surface area (Å²) in [6, 6.07) is 6.55. The van der Waals surface area contributed by atoms with E-state index in [0.29, 0.717) is 6.54 Å². The van der Waals surface area contributed by atoms with Gasteiger partial charge in [-0.25, -0.2) is 4.39 Å². The maximum absolute atomic E-state index is 12.8. The first-order valence-corrected chi connectivity index (χ1v) is 6.67. The monoisotopic (exact) mass is 261 g/mol. The van der Waals surface area contributed by atoms with E-state index in [1.807, 2.05) is 11.6 Å². The number of aryl methyl sites for hydroxylation is 1. The van der Waals surface area contributed by atoms with E-state index in [1.54, 1.807) is 12.1 Å². The van der Waals surface area contributed by atoms with Crippen molar-refractivity contribution in [3.05, 3.63) is 53.1 Å². The molecule has 0 unspecified atom stereocenters. The van der Waals surface area contributed by atoms with Gasteiger partial charge < -0.3 is 5.32 Å². The Balaban J connectivity index is 2.01. The molecule has 0 fully saturated rings. The Bertz CT molecular complexity index is 517. The smallest absolute Gasteiger partial charge is 0.123 e. The lowest BCUT2D eigenvalue weighted by Gasteiger charge is -2.02. The summed E-state index contributed by atoms with van der Waals surface area (Å²) in [7, 11) is 0. The molecule has 0 aliphatic rings. The van der Waals surface area contributed by atoms with Gasteiger partial charge >= 0.3 is 0 Å². The highest BCUT2D eigenvalue weighted by atomic mass is 19.1. The van der Waals surface area contributed by atoms with Crippen LogP contribution in [0.15, 0.2) is 30.5 Å². The minimum absolute atomic E-state index is 0.204. The zero-order valence-electron chi connectivity index (χ0n) is 11.5. The molecule has 1 aromatic heterocycles. The minimum Gasteiger partial charge on any atom is -0.313 e. The topological polar surface area (TPSA) is 29.9 Å². The summed E-state index contributed by atoms with van der Waals surface area (Å²) >= 11 is 0. The third-order valence-electron chi connectivity index (χ3n) is 3.05. The van der Waals surface area contributed by atoms with Crippen LogP contribution in [-0.4, -0.2) is 16.3 Å². The van der Waals surface area contributed by atoms with Crippen LogP contribution in [0.25, 0.3) is 0 Å². The van der Waals surface area contributed by atoms with Crippen LogP contribution in [0.5, 0.6) is 0 Å². The van der Waals surface area contributed by atoms with E-state index < -0.39 is 0 Å². The third-order valence-corrected chi connectivity index (χ3v) is 3.05. The number of halogens is 1. The van der Waals surface area contributed by atoms with Crippen molar-refractivity contribution >= 4 is 0 Å². The highest BCUT2D eigenvalue weighted by Crippen LogP contribution is 2.09. The lowest BCUT2D eigenvalue weighted by molar-refractivity contribution is 0.624. The van der Waals surface area contributed by atoms with Gasteiger partial charge in [-0.15, -0.1) is 0 Å². The minimum atomic E-state index is -0.204. The molecule has 0 radical (unpaired) electrons. The highest BCUT2D eigenvalue weighted by Gasteiger charge is 2.05. The Morgan fingerprint density at radius 2 is 2.00 bits per heavy atom. The van der Waals surface area contributed by atoms with Crippen LogP contribution in [0.3, 0.4) is 0 Å². The SMILES string of the molecule is CCCNCc1cn(Cc2ccc(F)cc2)nc1C. The molecule has 1 heterocycles. The van der Waals surface area contributed by atoms with Crippen molar-refractivity contribution in [1.29, 1.82) is 0 Å². The van der Waals surface area contributed by atoms with Gasteiger partial charge in [-0.05, 0) is 37.6 Å². The van der Waals surface area contributed by atoms with Crippen molar-refractivity contribution in [2.75, 3.05) is 6.54 Å². The fourth-order valence-corrected chi connectivity index (χ4v) is 1.99. The molecule has 2 rings (SSSR count). The summed E-state index contributed by atoms with van der Waals surface area (Å²) in [4.78, 5) is 0. The summed E-state index contributed by atoms with van der Waals surface area (Å²) in [6.07, 6.45) is 3.18. The second-order valence-corrected chi connectivity index (χ2v) is 4.74. The summed E-state index contributed by atoms with van der Waals surface area (Å²) in [5.74, 6) is -0.204. The standard InChI is InChI=1S/C15H20FN3/c1-3-8-17-9-14-11-19(18-12(14)2)10-13-4-6-15(16)7-5-13/h4-7,11,17H,3,8-10H2,1-2H3. The Hall–Kier alpha value is -1.68. The predicted octanol–water partition coefficient (Wildman–Crippen LogP) is 2.88. The average molecular weight is 261 g/mol. The van der Waals surface area contributed by atoms with Crippen LogP contribution in [0.4, 0.5) is 4.39 Å². The second kappa shape index (κ2) is 6.48. The summed E-state index contributed by atoms with van der Waals surface area (Å²) < 4.78 is 14.7. The lowest BCUT2D eigenvalue weighted by atomic mass is 10.2. The molecule has 4 heteroatoms. The number of hydrogen-bond donors (Lipinski definition) is 1. The Morgan fingerprint density at radius 3 is 2.68 bits per heavy atom. The van der Waals surface area contributed by atoms with E-state index in [1.165, 1.54) is 17.7 Å². The molecule has 0 spiro atoms. The fourth-order valence-electron chi connectivity index (χ4n) is 1.99. The van der Waals surface area contributed by atoms with Gasteiger partial charge in [0.15, 0.2) is 0 Å². The zero-order chi connectivity index (χ0) is 13.7. The number of hydrogen-bond acceptors (Lipinski definition) is 2. The summed E-state index contributed by atoms with van der Waals surface area (Å²) in [5, 5.41) is 7.86. The van der Waals surface area contributed by atoms with Gasteiger partial charge in [0.05, 0.1) is 12.2 Å². The summed E-state index contributed by atoms with van der Waals surface area (Å²) in [6.45, 7) is 6.71. The van der Waals surface area contributed by atoms with Crippen molar-refractivity contribution in [2.45, 2.75) is 33.4 Å². The molecule has 102 valence electrons. The molecule has 0 atom stereocenters. The third kappa shape index (κ3) is 3.89. The van der Waals surface area contributed by atoms with Gasteiger partial charge in [-0.2, -0.15) is 5.10 Å². The van der Waals surface area contributed by atoms with Gasteiger partial charge in [0.1, 0.15) is 5.82 Å². The molecule has 0 saturated heterocycles. The average Bonchev–Trinajstić information content (AvgIpc) is 2.73. The van der Waals surface area contributed by atoms with Gasteiger partial charge in [0.25, 0.3) is 0 Å². The van der Waals surface area contributed by atoms with Crippen molar-refractivity contribution < 1.29 is 4.39 Å². The Kier molecular flexibility index (Phi) is 4.68. The van der Waals surface area contributed by atoms with E-state index in [9.17, 15) is 4.39 Å². The Morgan fingerprint density at radius 1 is 1.26 bits per heavy atom. The maximum Gasteiger partial charge on any atom is 0.123 e. The van der Waals surface area contributed by atoms with E-state index in [4.69, 9.17) is 0 Å². The second-order valence-electron chi connectivity index (χ2n) is 4.74. The largest absolute Gasteiger partial charge is 0.313 e. The van der Waals surface area contributed by atoms with E-state index in [2.05, 4.69) is 23.5 Å². The first-order valence-electron chi connectivity index (χ1n) is 6.67. The van der Waals surface area contributed by atoms with E-state index >= 15 is 0 Å². The Labute approximate surface area is 113 Å². The molecular formula is C15H20FN3. The maximum atomic E-state index is 12.8. The van der Waals surface area contributed by atoms with Crippen LogP contribution in [0.2, 0.25) is 0 Å². The van der Waals surface area contributed by atoms with Crippen LogP contribution in [0, 0.1) is 12.7 Å². The molecule has 0 aliphatic carbocycles. The molecule has 2 aromatic rings. The number of nitrogens with one attached hydrogen (secondary N) is 1. The van der Waals surface area contributed by atoms with E-state index in [-0.39, 0.29) is 5.82 Å². The molecule has 19 heavy (non-hydrogen) atoms. The van der Waals surface area contributed by atoms with Gasteiger partial charge in [-0.1, -0.05) is 19.1 Å². The molecule has 0 saturated carbocycles. The predicted molar refractivity (Wildman–Crippen MR) is 74.5 cm³/mol. The molecule has 1 N–H and O–H groups in total. The van der Waals surface area contributed by atoms with Crippen molar-refractivity contribution in [3.8, 4) is 0 Å². The van der Waals surface area contributed by atoms with Crippen LogP contribution in [0.1, 0.15) is 30.2 Å². The van der Waals surface area contributed by atoms with Gasteiger partial charge in [0.2, 0.25) is 0 Å². The van der Waals surface area contributed by atoms with Crippen molar-refractivity contribution in [2.24, 2.45) is 0 Å². The molecular weight excluding hydrogens is 241 g/mol. The van der Waals surface area contributed by atoms with Crippen LogP contribution >= 0.6 is 0 Å². The number of aromatic nitrogens is 2. The zero-order valence-corrected chi connectivity index (χ0v) is 11.5. The molecule has 3 nitrogen and oxygen atoms in total. The van der Waals surface area contributed by atoms with Crippen molar-refractivity contribution in [3.63, 3.8) is 0 Å². The van der Waals surface area contributed by atoms with Crippen molar-refractivity contribution in [1.82, 2.24) is 15.1 Å². The normalized spacial score (nSPS) is 10.9. The van der Waals surface area contributed by atoms with Crippen LogP contribution < -0.4 is 5.32 Å². The molecule has 0 amide bonds. The summed E-state index contributed by atoms with van der Waals surface area (Å²) in [5.41, 5.74) is 3.32. The van der Waals surface area contributed by atoms with Gasteiger partial charge in [-0.3, -0.25) is 4.68 Å². The number of benzene rings is 1. The van der Waals surface area contributed by atoms with E-state index in [0.717, 1.165) is 30.8 Å². The fraction of sp³-hybridized carbons (Fsp3) is 0.400. The van der Waals surface area contributed by atoms with Crippen LogP contribution in [-0.2, 0) is 13.1 Å². The highest BCUT2D eigenvalue weighted by molar-refractivity contribution is 5.19. The lowest BCUT2D eigenvalue weighted by Crippen LogP contribution is -2.13. The number of rotatable bonds is 6. The molecule has 0 bridgehead atoms. The quantitative estimate of drug-likeness (QED) is 0.810. The first kappa shape index (κ1) is 13.7. The first-order chi connectivity index (χ1) is 9.19. The molecule has 0 aliphatic heterocycles. The molecule has 1 aromatic carbocycles. The number of nitrogens with zero attached hydrogens (tertiary/aromatic N) is 2.